The number of carbonyl (C=O) groups is 1. The molecule has 0 saturated heterocycles. The van der Waals surface area contributed by atoms with Crippen LogP contribution >= 0.6 is 0 Å². The molecule has 2 aliphatic rings. The molecule has 0 aromatic heterocycles. The first-order chi connectivity index (χ1) is 13.3. The van der Waals surface area contributed by atoms with Crippen molar-refractivity contribution in [3.63, 3.8) is 0 Å². The lowest BCUT2D eigenvalue weighted by Gasteiger charge is -2.29. The minimum Gasteiger partial charge on any atom is -0.410 e. The second kappa shape index (κ2) is 6.52. The first-order valence-electron chi connectivity index (χ1n) is 8.54. The van der Waals surface area contributed by atoms with E-state index in [1.165, 1.54) is 18.2 Å². The summed E-state index contributed by atoms with van der Waals surface area (Å²) in [7, 11) is 1.94. The number of ether oxygens (including phenoxy) is 1. The van der Waals surface area contributed by atoms with Crippen LogP contribution in [0.25, 0.3) is 11.1 Å². The van der Waals surface area contributed by atoms with Gasteiger partial charge in [0.05, 0.1) is 5.69 Å². The Balaban J connectivity index is 1.89. The molecule has 0 spiro atoms. The van der Waals surface area contributed by atoms with Crippen LogP contribution in [0.3, 0.4) is 0 Å². The molecule has 2 aromatic rings. The van der Waals surface area contributed by atoms with E-state index in [1.54, 1.807) is 12.1 Å². The number of hydrogen-bond donors (Lipinski definition) is 2. The molecular weight excluding hydrogens is 375 g/mol. The molecule has 9 heteroatoms. The Morgan fingerprint density at radius 1 is 1.21 bits per heavy atom. The third-order valence-electron chi connectivity index (χ3n) is 4.91. The second-order valence-electron chi connectivity index (χ2n) is 6.77. The lowest BCUT2D eigenvalue weighted by atomic mass is 9.87. The summed E-state index contributed by atoms with van der Waals surface area (Å²) in [6.45, 7) is 1.33. The Bertz CT molecular complexity index is 1000. The Kier molecular flexibility index (Phi) is 4.26. The standard InChI is InChI=1S/C19H16F3N3O3/c1-25-6-5-12-13(10-3-2-4-11(7-10)28-19(20,21)22)8-14-16(15(12)9-25)23-18(26)17(14)24-27/h2-4,7-8,27H,5-6,9H2,1H3,(H,23,24,26). The molecule has 146 valence electrons. The third-order valence-corrected chi connectivity index (χ3v) is 4.91. The van der Waals surface area contributed by atoms with Crippen molar-refractivity contribution >= 4 is 17.3 Å². The van der Waals surface area contributed by atoms with Crippen molar-refractivity contribution in [3.05, 3.63) is 47.0 Å². The van der Waals surface area contributed by atoms with Crippen LogP contribution in [0.4, 0.5) is 18.9 Å². The molecule has 6 nitrogen and oxygen atoms in total. The minimum absolute atomic E-state index is 0.116. The number of amides is 1. The highest BCUT2D eigenvalue weighted by molar-refractivity contribution is 6.54. The lowest BCUT2D eigenvalue weighted by Crippen LogP contribution is -2.27. The second-order valence-corrected chi connectivity index (χ2v) is 6.77. The summed E-state index contributed by atoms with van der Waals surface area (Å²) in [5.41, 5.74) is 3.93. The van der Waals surface area contributed by atoms with Gasteiger partial charge >= 0.3 is 6.36 Å². The van der Waals surface area contributed by atoms with E-state index in [4.69, 9.17) is 0 Å². The van der Waals surface area contributed by atoms with Crippen molar-refractivity contribution in [2.24, 2.45) is 5.16 Å². The van der Waals surface area contributed by atoms with Gasteiger partial charge in [-0.2, -0.15) is 0 Å². The van der Waals surface area contributed by atoms with Crippen LogP contribution in [-0.2, 0) is 17.8 Å². The quantitative estimate of drug-likeness (QED) is 0.608. The van der Waals surface area contributed by atoms with Gasteiger partial charge in [0.25, 0.3) is 5.91 Å². The summed E-state index contributed by atoms with van der Waals surface area (Å²) >= 11 is 0. The third kappa shape index (κ3) is 3.18. The average Bonchev–Trinajstić information content (AvgIpc) is 2.95. The summed E-state index contributed by atoms with van der Waals surface area (Å²) < 4.78 is 41.8. The molecule has 0 aliphatic carbocycles. The molecule has 0 bridgehead atoms. The number of likely N-dealkylation sites (N-methyl/N-ethyl adjacent to an activating group) is 1. The van der Waals surface area contributed by atoms with Gasteiger partial charge in [-0.25, -0.2) is 0 Å². The van der Waals surface area contributed by atoms with Crippen molar-refractivity contribution in [3.8, 4) is 16.9 Å². The van der Waals surface area contributed by atoms with E-state index in [1.807, 2.05) is 7.05 Å². The first kappa shape index (κ1) is 18.3. The van der Waals surface area contributed by atoms with E-state index in [2.05, 4.69) is 20.1 Å². The van der Waals surface area contributed by atoms with Gasteiger partial charge in [0.2, 0.25) is 0 Å². The summed E-state index contributed by atoms with van der Waals surface area (Å²) in [6.07, 6.45) is -4.12. The molecule has 2 aliphatic heterocycles. The van der Waals surface area contributed by atoms with Crippen LogP contribution in [0, 0.1) is 0 Å². The van der Waals surface area contributed by atoms with Gasteiger partial charge in [0.1, 0.15) is 5.75 Å². The van der Waals surface area contributed by atoms with Crippen molar-refractivity contribution in [1.29, 1.82) is 0 Å². The van der Waals surface area contributed by atoms with E-state index in [-0.39, 0.29) is 11.5 Å². The van der Waals surface area contributed by atoms with Gasteiger partial charge in [-0.3, -0.25) is 4.79 Å². The largest absolute Gasteiger partial charge is 0.573 e. The van der Waals surface area contributed by atoms with Crippen LogP contribution in [0.2, 0.25) is 0 Å². The molecular formula is C19H16F3N3O3. The number of carbonyl (C=O) groups excluding carboxylic acids is 1. The topological polar surface area (TPSA) is 74.2 Å². The van der Waals surface area contributed by atoms with Gasteiger partial charge in [0.15, 0.2) is 5.71 Å². The van der Waals surface area contributed by atoms with Crippen molar-refractivity contribution in [2.75, 3.05) is 18.9 Å². The molecule has 0 fully saturated rings. The zero-order valence-electron chi connectivity index (χ0n) is 14.8. The maximum atomic E-state index is 12.6. The summed E-state index contributed by atoms with van der Waals surface area (Å²) in [5, 5.41) is 15.1. The van der Waals surface area contributed by atoms with Crippen LogP contribution < -0.4 is 10.1 Å². The normalized spacial score (nSPS) is 18.0. The number of halogens is 3. The monoisotopic (exact) mass is 391 g/mol. The Morgan fingerprint density at radius 3 is 2.71 bits per heavy atom. The molecule has 1 amide bonds. The highest BCUT2D eigenvalue weighted by Crippen LogP contribution is 2.40. The van der Waals surface area contributed by atoms with Gasteiger partial charge < -0.3 is 20.2 Å². The smallest absolute Gasteiger partial charge is 0.410 e. The molecule has 0 radical (unpaired) electrons. The van der Waals surface area contributed by atoms with E-state index in [0.29, 0.717) is 35.3 Å². The Hall–Kier alpha value is -3.07. The van der Waals surface area contributed by atoms with Crippen molar-refractivity contribution in [1.82, 2.24) is 4.90 Å². The summed E-state index contributed by atoms with van der Waals surface area (Å²) in [6, 6.07) is 7.39. The molecule has 2 aromatic carbocycles. The SMILES string of the molecule is CN1CCc2c(-c3cccc(OC(F)(F)F)c3)cc3c(c2C1)NC(=O)/C3=N/O. The Morgan fingerprint density at radius 2 is 2.00 bits per heavy atom. The summed E-state index contributed by atoms with van der Waals surface area (Å²) in [4.78, 5) is 14.2. The van der Waals surface area contributed by atoms with E-state index in [0.717, 1.165) is 17.7 Å². The molecule has 2 heterocycles. The maximum Gasteiger partial charge on any atom is 0.573 e. The highest BCUT2D eigenvalue weighted by Gasteiger charge is 2.34. The lowest BCUT2D eigenvalue weighted by molar-refractivity contribution is -0.274. The van der Waals surface area contributed by atoms with Crippen LogP contribution in [-0.4, -0.2) is 41.7 Å². The number of anilines is 1. The highest BCUT2D eigenvalue weighted by atomic mass is 19.4. The molecule has 2 N–H and O–H groups in total. The fourth-order valence-corrected chi connectivity index (χ4v) is 3.73. The fraction of sp³-hybridized carbons (Fsp3) is 0.263. The van der Waals surface area contributed by atoms with Crippen LogP contribution in [0.5, 0.6) is 5.75 Å². The molecule has 4 rings (SSSR count). The maximum absolute atomic E-state index is 12.6. The molecule has 0 unspecified atom stereocenters. The van der Waals surface area contributed by atoms with E-state index in [9.17, 15) is 23.2 Å². The predicted molar refractivity (Wildman–Crippen MR) is 95.6 cm³/mol. The van der Waals surface area contributed by atoms with Gasteiger partial charge in [-0.15, -0.1) is 13.2 Å². The average molecular weight is 391 g/mol. The van der Waals surface area contributed by atoms with Gasteiger partial charge in [-0.05, 0) is 53.9 Å². The number of benzene rings is 2. The number of oxime groups is 1. The van der Waals surface area contributed by atoms with Crippen LogP contribution in [0.1, 0.15) is 16.7 Å². The number of hydrogen-bond acceptors (Lipinski definition) is 5. The fourth-order valence-electron chi connectivity index (χ4n) is 3.73. The van der Waals surface area contributed by atoms with Crippen LogP contribution in [0.15, 0.2) is 35.5 Å². The zero-order valence-corrected chi connectivity index (χ0v) is 14.8. The molecule has 28 heavy (non-hydrogen) atoms. The zero-order chi connectivity index (χ0) is 20.1. The summed E-state index contributed by atoms with van der Waals surface area (Å²) in [5.74, 6) is -0.836. The number of fused-ring (bicyclic) bond motifs is 3. The van der Waals surface area contributed by atoms with Crippen molar-refractivity contribution < 1.29 is 27.9 Å². The molecule has 0 atom stereocenters. The number of alkyl halides is 3. The number of rotatable bonds is 2. The number of nitrogens with one attached hydrogen (secondary N) is 1. The predicted octanol–water partition coefficient (Wildman–Crippen LogP) is 3.37. The van der Waals surface area contributed by atoms with E-state index >= 15 is 0 Å². The first-order valence-corrected chi connectivity index (χ1v) is 8.54. The van der Waals surface area contributed by atoms with Gasteiger partial charge in [0, 0.05) is 18.7 Å². The number of nitrogens with zero attached hydrogens (tertiary/aromatic N) is 2. The minimum atomic E-state index is -4.79. The van der Waals surface area contributed by atoms with Crippen molar-refractivity contribution in [2.45, 2.75) is 19.3 Å². The Labute approximate surface area is 158 Å². The van der Waals surface area contributed by atoms with E-state index < -0.39 is 12.3 Å². The molecule has 0 saturated carbocycles. The van der Waals surface area contributed by atoms with Gasteiger partial charge in [-0.1, -0.05) is 17.3 Å².